The summed E-state index contributed by atoms with van der Waals surface area (Å²) in [6.45, 7) is 0. The molecule has 1 unspecified atom stereocenters. The van der Waals surface area contributed by atoms with Crippen LogP contribution in [0.15, 0.2) is 35.7 Å². The molecule has 1 atom stereocenters. The molecule has 0 amide bonds. The van der Waals surface area contributed by atoms with Gasteiger partial charge in [0.05, 0.1) is 8.93 Å². The summed E-state index contributed by atoms with van der Waals surface area (Å²) >= 11 is 10.3. The number of halogens is 2. The molecule has 0 bridgehead atoms. The Bertz CT molecular complexity index is 483. The number of nitrogens with one attached hydrogen (secondary N) is 1. The molecule has 16 heavy (non-hydrogen) atoms. The van der Waals surface area contributed by atoms with Crippen molar-refractivity contribution in [3.8, 4) is 0 Å². The van der Waals surface area contributed by atoms with Crippen LogP contribution < -0.4 is 5.32 Å². The molecule has 84 valence electrons. The Hall–Kier alpha value is -0.100. The van der Waals surface area contributed by atoms with Crippen molar-refractivity contribution in [2.24, 2.45) is 0 Å². The Kier molecular flexibility index (Phi) is 4.24. The van der Waals surface area contributed by atoms with Gasteiger partial charge < -0.3 is 5.32 Å². The Morgan fingerprint density at radius 3 is 2.69 bits per heavy atom. The molecule has 0 saturated heterocycles. The largest absolute Gasteiger partial charge is 0.309 e. The molecule has 4 heteroatoms. The van der Waals surface area contributed by atoms with Gasteiger partial charge in [0.1, 0.15) is 0 Å². The molecule has 2 rings (SSSR count). The first-order valence-corrected chi connectivity index (χ1v) is 7.21. The first-order chi connectivity index (χ1) is 7.72. The molecule has 1 N–H and O–H groups in total. The van der Waals surface area contributed by atoms with Gasteiger partial charge in [-0.1, -0.05) is 29.8 Å². The molecule has 1 heterocycles. The predicted molar refractivity (Wildman–Crippen MR) is 79.4 cm³/mol. The minimum absolute atomic E-state index is 0.175. The highest BCUT2D eigenvalue weighted by molar-refractivity contribution is 14.1. The highest BCUT2D eigenvalue weighted by atomic mass is 127. The minimum Gasteiger partial charge on any atom is -0.309 e. The van der Waals surface area contributed by atoms with Crippen LogP contribution in [0.25, 0.3) is 0 Å². The van der Waals surface area contributed by atoms with Gasteiger partial charge in [-0.15, -0.1) is 11.3 Å². The third kappa shape index (κ3) is 2.59. The number of benzene rings is 1. The van der Waals surface area contributed by atoms with E-state index in [2.05, 4.69) is 45.4 Å². The van der Waals surface area contributed by atoms with E-state index < -0.39 is 0 Å². The zero-order valence-corrected chi connectivity index (χ0v) is 12.4. The molecular weight excluding hydrogens is 353 g/mol. The van der Waals surface area contributed by atoms with E-state index in [1.807, 2.05) is 25.2 Å². The van der Waals surface area contributed by atoms with Crippen molar-refractivity contribution in [2.45, 2.75) is 6.04 Å². The Balaban J connectivity index is 2.40. The Morgan fingerprint density at radius 1 is 1.38 bits per heavy atom. The average molecular weight is 364 g/mol. The van der Waals surface area contributed by atoms with Gasteiger partial charge in [-0.3, -0.25) is 0 Å². The zero-order chi connectivity index (χ0) is 11.5. The van der Waals surface area contributed by atoms with Crippen LogP contribution in [-0.4, -0.2) is 7.05 Å². The molecule has 1 nitrogen and oxygen atoms in total. The second kappa shape index (κ2) is 5.49. The van der Waals surface area contributed by atoms with Crippen molar-refractivity contribution in [1.29, 1.82) is 0 Å². The van der Waals surface area contributed by atoms with Crippen LogP contribution >= 0.6 is 45.5 Å². The summed E-state index contributed by atoms with van der Waals surface area (Å²) in [6.07, 6.45) is 0. The van der Waals surface area contributed by atoms with Gasteiger partial charge in [0, 0.05) is 5.02 Å². The van der Waals surface area contributed by atoms with Gasteiger partial charge in [0.25, 0.3) is 0 Å². The fraction of sp³-hybridized carbons (Fsp3) is 0.167. The fourth-order valence-corrected chi connectivity index (χ4v) is 3.33. The van der Waals surface area contributed by atoms with Crippen molar-refractivity contribution in [2.75, 3.05) is 7.05 Å². The second-order valence-corrected chi connectivity index (χ2v) is 6.64. The summed E-state index contributed by atoms with van der Waals surface area (Å²) in [7, 11) is 1.96. The average Bonchev–Trinajstić information content (AvgIpc) is 2.69. The third-order valence-electron chi connectivity index (χ3n) is 2.43. The van der Waals surface area contributed by atoms with Gasteiger partial charge in [-0.05, 0) is 58.3 Å². The summed E-state index contributed by atoms with van der Waals surface area (Å²) in [4.78, 5) is 0. The van der Waals surface area contributed by atoms with Crippen molar-refractivity contribution in [1.82, 2.24) is 5.32 Å². The molecule has 2 aromatic rings. The second-order valence-electron chi connectivity index (χ2n) is 3.43. The summed E-state index contributed by atoms with van der Waals surface area (Å²) < 4.78 is 1.29. The lowest BCUT2D eigenvalue weighted by molar-refractivity contribution is 0.694. The highest BCUT2D eigenvalue weighted by Crippen LogP contribution is 2.30. The van der Waals surface area contributed by atoms with Crippen LogP contribution in [-0.2, 0) is 0 Å². The van der Waals surface area contributed by atoms with Gasteiger partial charge in [0.2, 0.25) is 0 Å². The van der Waals surface area contributed by atoms with Crippen LogP contribution in [0, 0.1) is 2.88 Å². The van der Waals surface area contributed by atoms with Crippen molar-refractivity contribution in [3.63, 3.8) is 0 Å². The molecule has 1 aromatic heterocycles. The third-order valence-corrected chi connectivity index (χ3v) is 4.58. The topological polar surface area (TPSA) is 12.0 Å². The minimum atomic E-state index is 0.175. The maximum absolute atomic E-state index is 6.22. The molecular formula is C12H11ClINS. The SMILES string of the molecule is CNC(c1csc(I)c1)c1ccccc1Cl. The maximum Gasteiger partial charge on any atom is 0.0656 e. The number of hydrogen-bond donors (Lipinski definition) is 1. The van der Waals surface area contributed by atoms with E-state index >= 15 is 0 Å². The van der Waals surface area contributed by atoms with Crippen molar-refractivity contribution in [3.05, 3.63) is 54.7 Å². The number of thiophene rings is 1. The first-order valence-electron chi connectivity index (χ1n) is 4.88. The summed E-state index contributed by atoms with van der Waals surface area (Å²) in [5, 5.41) is 6.29. The molecule has 0 radical (unpaired) electrons. The molecule has 0 saturated carbocycles. The molecule has 0 aliphatic rings. The van der Waals surface area contributed by atoms with Crippen molar-refractivity contribution >= 4 is 45.5 Å². The summed E-state index contributed by atoms with van der Waals surface area (Å²) in [6, 6.07) is 10.3. The van der Waals surface area contributed by atoms with Crippen LogP contribution in [0.1, 0.15) is 17.2 Å². The van der Waals surface area contributed by atoms with Gasteiger partial charge in [-0.25, -0.2) is 0 Å². The van der Waals surface area contributed by atoms with E-state index in [0.717, 1.165) is 10.6 Å². The van der Waals surface area contributed by atoms with Crippen LogP contribution in [0.2, 0.25) is 5.02 Å². The van der Waals surface area contributed by atoms with Crippen LogP contribution in [0.3, 0.4) is 0 Å². The Labute approximate surface area is 118 Å². The zero-order valence-electron chi connectivity index (χ0n) is 8.71. The Morgan fingerprint density at radius 2 is 2.12 bits per heavy atom. The maximum atomic E-state index is 6.22. The van der Waals surface area contributed by atoms with E-state index in [9.17, 15) is 0 Å². The molecule has 1 aromatic carbocycles. The summed E-state index contributed by atoms with van der Waals surface area (Å²) in [5.41, 5.74) is 2.39. The first kappa shape index (κ1) is 12.4. The van der Waals surface area contributed by atoms with E-state index in [1.54, 1.807) is 11.3 Å². The molecule has 0 spiro atoms. The quantitative estimate of drug-likeness (QED) is 0.801. The molecule has 0 aliphatic carbocycles. The lowest BCUT2D eigenvalue weighted by atomic mass is 10.0. The summed E-state index contributed by atoms with van der Waals surface area (Å²) in [5.74, 6) is 0. The van der Waals surface area contributed by atoms with Gasteiger partial charge in [-0.2, -0.15) is 0 Å². The number of rotatable bonds is 3. The lowest BCUT2D eigenvalue weighted by Crippen LogP contribution is -2.17. The van der Waals surface area contributed by atoms with E-state index in [-0.39, 0.29) is 6.04 Å². The standard InChI is InChI=1S/C12H11ClINS/c1-15-12(8-6-11(14)16-7-8)9-4-2-3-5-10(9)13/h2-7,12,15H,1H3. The number of hydrogen-bond acceptors (Lipinski definition) is 2. The fourth-order valence-electron chi connectivity index (χ4n) is 1.69. The molecule has 0 aliphatic heterocycles. The predicted octanol–water partition coefficient (Wildman–Crippen LogP) is 4.31. The normalized spacial score (nSPS) is 12.7. The molecule has 0 fully saturated rings. The monoisotopic (exact) mass is 363 g/mol. The van der Waals surface area contributed by atoms with E-state index in [4.69, 9.17) is 11.6 Å². The highest BCUT2D eigenvalue weighted by Gasteiger charge is 2.15. The lowest BCUT2D eigenvalue weighted by Gasteiger charge is -2.16. The smallest absolute Gasteiger partial charge is 0.0656 e. The van der Waals surface area contributed by atoms with E-state index in [1.165, 1.54) is 8.45 Å². The van der Waals surface area contributed by atoms with Crippen molar-refractivity contribution < 1.29 is 0 Å². The van der Waals surface area contributed by atoms with Crippen LogP contribution in [0.4, 0.5) is 0 Å². The van der Waals surface area contributed by atoms with E-state index in [0.29, 0.717) is 0 Å². The van der Waals surface area contributed by atoms with Gasteiger partial charge >= 0.3 is 0 Å². The van der Waals surface area contributed by atoms with Gasteiger partial charge in [0.15, 0.2) is 0 Å². The van der Waals surface area contributed by atoms with Crippen LogP contribution in [0.5, 0.6) is 0 Å².